The molecule has 1 aliphatic carbocycles. The zero-order chi connectivity index (χ0) is 14.6. The van der Waals surface area contributed by atoms with Crippen LogP contribution in [-0.4, -0.2) is 22.6 Å². The molecule has 0 bridgehead atoms. The lowest BCUT2D eigenvalue weighted by Crippen LogP contribution is -2.34. The van der Waals surface area contributed by atoms with E-state index in [1.54, 1.807) is 12.1 Å². The fourth-order valence-electron chi connectivity index (χ4n) is 2.57. The summed E-state index contributed by atoms with van der Waals surface area (Å²) in [5.41, 5.74) is 0.751. The normalized spacial score (nSPS) is 26.2. The van der Waals surface area contributed by atoms with Crippen LogP contribution in [0.15, 0.2) is 53.4 Å². The van der Waals surface area contributed by atoms with Gasteiger partial charge >= 0.3 is 0 Å². The van der Waals surface area contributed by atoms with Crippen LogP contribution in [-0.2, 0) is 4.74 Å². The van der Waals surface area contributed by atoms with Crippen LogP contribution in [0.3, 0.4) is 0 Å². The number of Topliss-reactive ketones (excluding diaryl/α,β-unsaturated/α-hetero) is 2. The standard InChI is InChI=1S/C16H9ClO3S/c17-9-6-7-11-12(8-9)13(18)15-16(20-15,14(11)19)21-10-4-2-1-3-5-10/h1-8,15H. The highest BCUT2D eigenvalue weighted by molar-refractivity contribution is 8.01. The molecule has 2 atom stereocenters. The largest absolute Gasteiger partial charge is 0.337 e. The van der Waals surface area contributed by atoms with Crippen molar-refractivity contribution in [1.82, 2.24) is 0 Å². The van der Waals surface area contributed by atoms with Crippen molar-refractivity contribution < 1.29 is 14.3 Å². The van der Waals surface area contributed by atoms with E-state index in [1.807, 2.05) is 30.3 Å². The SMILES string of the molecule is O=C1c2cc(Cl)ccc2C(=O)C2(Sc3ccccc3)OC12. The van der Waals surface area contributed by atoms with E-state index >= 15 is 0 Å². The minimum Gasteiger partial charge on any atom is -0.337 e. The maximum absolute atomic E-state index is 12.7. The third-order valence-corrected chi connectivity index (χ3v) is 5.18. The highest BCUT2D eigenvalue weighted by Gasteiger charge is 2.70. The molecule has 21 heavy (non-hydrogen) atoms. The number of epoxide rings is 1. The van der Waals surface area contributed by atoms with Gasteiger partial charge in [0.2, 0.25) is 10.7 Å². The van der Waals surface area contributed by atoms with Crippen molar-refractivity contribution in [2.75, 3.05) is 0 Å². The van der Waals surface area contributed by atoms with Gasteiger partial charge in [-0.2, -0.15) is 0 Å². The monoisotopic (exact) mass is 316 g/mol. The quantitative estimate of drug-likeness (QED) is 0.794. The van der Waals surface area contributed by atoms with E-state index in [4.69, 9.17) is 16.3 Å². The number of thioether (sulfide) groups is 1. The second kappa shape index (κ2) is 4.44. The molecule has 2 aromatic carbocycles. The number of ketones is 2. The third kappa shape index (κ3) is 1.87. The summed E-state index contributed by atoms with van der Waals surface area (Å²) < 4.78 is 5.54. The van der Waals surface area contributed by atoms with Gasteiger partial charge in [0.1, 0.15) is 0 Å². The average Bonchev–Trinajstić information content (AvgIpc) is 3.22. The van der Waals surface area contributed by atoms with Gasteiger partial charge in [0.15, 0.2) is 11.9 Å². The van der Waals surface area contributed by atoms with Crippen molar-refractivity contribution in [3.05, 3.63) is 64.7 Å². The molecule has 1 saturated heterocycles. The molecule has 1 aliphatic heterocycles. The van der Waals surface area contributed by atoms with Crippen LogP contribution >= 0.6 is 23.4 Å². The van der Waals surface area contributed by atoms with Crippen LogP contribution in [0, 0.1) is 0 Å². The number of rotatable bonds is 2. The molecule has 2 aromatic rings. The number of halogens is 1. The van der Waals surface area contributed by atoms with Crippen LogP contribution in [0.25, 0.3) is 0 Å². The zero-order valence-corrected chi connectivity index (χ0v) is 12.3. The lowest BCUT2D eigenvalue weighted by Gasteiger charge is -2.18. The molecular formula is C16H9ClO3S. The van der Waals surface area contributed by atoms with Gasteiger partial charge in [-0.25, -0.2) is 0 Å². The molecule has 3 nitrogen and oxygen atoms in total. The summed E-state index contributed by atoms with van der Waals surface area (Å²) in [5, 5.41) is 0.443. The summed E-state index contributed by atoms with van der Waals surface area (Å²) in [6.07, 6.45) is -0.707. The van der Waals surface area contributed by atoms with Gasteiger partial charge in [0.05, 0.1) is 0 Å². The molecular weight excluding hydrogens is 308 g/mol. The summed E-state index contributed by atoms with van der Waals surface area (Å²) in [5.74, 6) is -0.330. The topological polar surface area (TPSA) is 46.7 Å². The molecule has 1 fully saturated rings. The number of benzene rings is 2. The molecule has 4 rings (SSSR count). The van der Waals surface area contributed by atoms with Gasteiger partial charge in [-0.1, -0.05) is 41.6 Å². The first kappa shape index (κ1) is 13.1. The summed E-state index contributed by atoms with van der Waals surface area (Å²) in [7, 11) is 0. The van der Waals surface area contributed by atoms with Gasteiger partial charge in [-0.3, -0.25) is 9.59 Å². The molecule has 5 heteroatoms. The lowest BCUT2D eigenvalue weighted by atomic mass is 9.89. The second-order valence-electron chi connectivity index (χ2n) is 4.96. The fourth-order valence-corrected chi connectivity index (χ4v) is 3.95. The summed E-state index contributed by atoms with van der Waals surface area (Å²) in [6, 6.07) is 14.2. The van der Waals surface area contributed by atoms with Gasteiger partial charge in [-0.05, 0) is 30.3 Å². The molecule has 104 valence electrons. The average molecular weight is 317 g/mol. The van der Waals surface area contributed by atoms with Crippen molar-refractivity contribution >= 4 is 34.9 Å². The second-order valence-corrected chi connectivity index (χ2v) is 6.68. The maximum atomic E-state index is 12.7. The first-order valence-corrected chi connectivity index (χ1v) is 7.62. The Morgan fingerprint density at radius 1 is 1.05 bits per heavy atom. The summed E-state index contributed by atoms with van der Waals surface area (Å²) in [6.45, 7) is 0. The first-order chi connectivity index (χ1) is 10.1. The molecule has 1 heterocycles. The molecule has 0 radical (unpaired) electrons. The Morgan fingerprint density at radius 3 is 2.57 bits per heavy atom. The third-order valence-electron chi connectivity index (χ3n) is 3.64. The highest BCUT2D eigenvalue weighted by atomic mass is 35.5. The van der Waals surface area contributed by atoms with Crippen LogP contribution < -0.4 is 0 Å². The summed E-state index contributed by atoms with van der Waals surface area (Å²) in [4.78, 5) is 24.9. The van der Waals surface area contributed by atoms with Crippen molar-refractivity contribution in [3.8, 4) is 0 Å². The van der Waals surface area contributed by atoms with E-state index in [-0.39, 0.29) is 11.6 Å². The van der Waals surface area contributed by atoms with Crippen LogP contribution in [0.2, 0.25) is 5.02 Å². The fraction of sp³-hybridized carbons (Fsp3) is 0.125. The lowest BCUT2D eigenvalue weighted by molar-refractivity contribution is 0.0911. The van der Waals surface area contributed by atoms with Crippen molar-refractivity contribution in [2.24, 2.45) is 0 Å². The summed E-state index contributed by atoms with van der Waals surface area (Å²) >= 11 is 7.20. The van der Waals surface area contributed by atoms with E-state index < -0.39 is 11.0 Å². The Labute approximate surface area is 130 Å². The Bertz CT molecular complexity index is 774. The Hall–Kier alpha value is -1.62. The first-order valence-electron chi connectivity index (χ1n) is 6.42. The Kier molecular flexibility index (Phi) is 2.76. The molecule has 0 N–H and O–H groups in total. The van der Waals surface area contributed by atoms with E-state index in [0.29, 0.717) is 16.1 Å². The van der Waals surface area contributed by atoms with Crippen molar-refractivity contribution in [2.45, 2.75) is 15.9 Å². The van der Waals surface area contributed by atoms with Crippen LogP contribution in [0.5, 0.6) is 0 Å². The molecule has 2 aliphatic rings. The maximum Gasteiger partial charge on any atom is 0.216 e. The van der Waals surface area contributed by atoms with E-state index in [0.717, 1.165) is 4.90 Å². The van der Waals surface area contributed by atoms with Crippen LogP contribution in [0.4, 0.5) is 0 Å². The van der Waals surface area contributed by atoms with Gasteiger partial charge in [-0.15, -0.1) is 0 Å². The number of carbonyl (C=O) groups is 2. The van der Waals surface area contributed by atoms with E-state index in [1.165, 1.54) is 17.8 Å². The van der Waals surface area contributed by atoms with E-state index in [2.05, 4.69) is 0 Å². The molecule has 2 unspecified atom stereocenters. The number of ether oxygens (including phenoxy) is 1. The number of hydrogen-bond acceptors (Lipinski definition) is 4. The Balaban J connectivity index is 1.76. The predicted octanol–water partition coefficient (Wildman–Crippen LogP) is 3.61. The van der Waals surface area contributed by atoms with E-state index in [9.17, 15) is 9.59 Å². The van der Waals surface area contributed by atoms with Crippen molar-refractivity contribution in [1.29, 1.82) is 0 Å². The zero-order valence-electron chi connectivity index (χ0n) is 10.7. The smallest absolute Gasteiger partial charge is 0.216 e. The molecule has 0 saturated carbocycles. The Morgan fingerprint density at radius 2 is 1.81 bits per heavy atom. The molecule has 0 amide bonds. The van der Waals surface area contributed by atoms with Gasteiger partial charge in [0.25, 0.3) is 0 Å². The van der Waals surface area contributed by atoms with Gasteiger partial charge in [0, 0.05) is 21.0 Å². The van der Waals surface area contributed by atoms with Crippen LogP contribution in [0.1, 0.15) is 20.7 Å². The highest BCUT2D eigenvalue weighted by Crippen LogP contribution is 2.55. The van der Waals surface area contributed by atoms with Gasteiger partial charge < -0.3 is 4.74 Å². The number of fused-ring (bicyclic) bond motifs is 2. The number of carbonyl (C=O) groups excluding carboxylic acids is 2. The minimum atomic E-state index is -1.10. The molecule has 0 aromatic heterocycles. The molecule has 0 spiro atoms. The predicted molar refractivity (Wildman–Crippen MR) is 80.0 cm³/mol. The van der Waals surface area contributed by atoms with Crippen molar-refractivity contribution in [3.63, 3.8) is 0 Å². The minimum absolute atomic E-state index is 0.160. The number of hydrogen-bond donors (Lipinski definition) is 0.